The molecule has 0 radical (unpaired) electrons. The molecule has 6 rings (SSSR count). The van der Waals surface area contributed by atoms with Gasteiger partial charge in [0.25, 0.3) is 0 Å². The lowest BCUT2D eigenvalue weighted by Gasteiger charge is -2.12. The Morgan fingerprint density at radius 1 is 0.655 bits per heavy atom. The number of hydrogen-bond acceptors (Lipinski definition) is 4. The van der Waals surface area contributed by atoms with Crippen LogP contribution in [0.5, 0.6) is 0 Å². The Labute approximate surface area is 173 Å². The second-order valence-corrected chi connectivity index (χ2v) is 10.7. The summed E-state index contributed by atoms with van der Waals surface area (Å²) >= 11 is 0. The van der Waals surface area contributed by atoms with Crippen molar-refractivity contribution in [3.05, 3.63) is 24.3 Å². The molecule has 0 N–H and O–H groups in total. The molecule has 4 bridgehead atoms. The van der Waals surface area contributed by atoms with Crippen molar-refractivity contribution in [2.45, 2.75) is 44.9 Å². The van der Waals surface area contributed by atoms with Crippen molar-refractivity contribution in [1.82, 2.24) is 0 Å². The summed E-state index contributed by atoms with van der Waals surface area (Å²) in [4.78, 5) is 24.7. The highest BCUT2D eigenvalue weighted by Gasteiger charge is 2.67. The molecular weight excluding hydrogens is 364 g/mol. The number of esters is 2. The van der Waals surface area contributed by atoms with E-state index in [-0.39, 0.29) is 25.2 Å². The molecule has 0 aliphatic heterocycles. The SMILES string of the molecule is C=C(C(=O)OCCCOC(=O)C(=C)C1C2C3CCC(C3)C12)C1C2C3CCC(C3)C12. The van der Waals surface area contributed by atoms with Crippen LogP contribution in [0.2, 0.25) is 0 Å². The molecular formula is C25H32O4. The van der Waals surface area contributed by atoms with Crippen molar-refractivity contribution in [3.63, 3.8) is 0 Å². The average Bonchev–Trinajstić information content (AvgIpc) is 3.36. The molecule has 8 atom stereocenters. The average molecular weight is 397 g/mol. The summed E-state index contributed by atoms with van der Waals surface area (Å²) in [5.41, 5.74) is 1.36. The van der Waals surface area contributed by atoms with Gasteiger partial charge in [0.1, 0.15) is 0 Å². The van der Waals surface area contributed by atoms with Crippen LogP contribution in [0.15, 0.2) is 24.3 Å². The van der Waals surface area contributed by atoms with E-state index in [1.54, 1.807) is 0 Å². The minimum absolute atomic E-state index is 0.249. The first-order chi connectivity index (χ1) is 14.1. The second-order valence-electron chi connectivity index (χ2n) is 10.7. The van der Waals surface area contributed by atoms with Crippen LogP contribution < -0.4 is 0 Å². The Kier molecular flexibility index (Phi) is 4.05. The highest BCUT2D eigenvalue weighted by atomic mass is 16.5. The maximum Gasteiger partial charge on any atom is 0.333 e. The molecule has 8 unspecified atom stereocenters. The molecule has 6 saturated carbocycles. The minimum Gasteiger partial charge on any atom is -0.462 e. The third-order valence-electron chi connectivity index (χ3n) is 9.55. The van der Waals surface area contributed by atoms with Crippen molar-refractivity contribution in [1.29, 1.82) is 0 Å². The van der Waals surface area contributed by atoms with Crippen LogP contribution >= 0.6 is 0 Å². The topological polar surface area (TPSA) is 52.6 Å². The fraction of sp³-hybridized carbons (Fsp3) is 0.760. The second kappa shape index (κ2) is 6.46. The summed E-state index contributed by atoms with van der Waals surface area (Å²) in [7, 11) is 0. The lowest BCUT2D eigenvalue weighted by Crippen LogP contribution is -2.16. The van der Waals surface area contributed by atoms with Crippen LogP contribution in [0.3, 0.4) is 0 Å². The van der Waals surface area contributed by atoms with E-state index in [2.05, 4.69) is 13.2 Å². The van der Waals surface area contributed by atoms with Crippen LogP contribution in [-0.2, 0) is 19.1 Å². The third-order valence-corrected chi connectivity index (χ3v) is 9.55. The van der Waals surface area contributed by atoms with Gasteiger partial charge in [-0.25, -0.2) is 9.59 Å². The molecule has 0 aromatic rings. The predicted octanol–water partition coefficient (Wildman–Crippen LogP) is 4.16. The molecule has 0 aromatic heterocycles. The molecule has 0 heterocycles. The van der Waals surface area contributed by atoms with E-state index in [4.69, 9.17) is 9.47 Å². The zero-order chi connectivity index (χ0) is 19.9. The molecule has 156 valence electrons. The molecule has 0 saturated heterocycles. The van der Waals surface area contributed by atoms with E-state index in [0.717, 1.165) is 23.7 Å². The van der Waals surface area contributed by atoms with Gasteiger partial charge in [0.2, 0.25) is 0 Å². The summed E-state index contributed by atoms with van der Waals surface area (Å²) in [5.74, 6) is 6.39. The Balaban J connectivity index is 0.892. The molecule has 4 heteroatoms. The maximum atomic E-state index is 12.3. The van der Waals surface area contributed by atoms with E-state index in [9.17, 15) is 9.59 Å². The molecule has 29 heavy (non-hydrogen) atoms. The number of ether oxygens (including phenoxy) is 2. The molecule has 6 aliphatic carbocycles. The smallest absolute Gasteiger partial charge is 0.333 e. The summed E-state index contributed by atoms with van der Waals surface area (Å²) in [5, 5.41) is 0. The Hall–Kier alpha value is -1.58. The van der Waals surface area contributed by atoms with Crippen LogP contribution in [-0.4, -0.2) is 25.2 Å². The van der Waals surface area contributed by atoms with Gasteiger partial charge in [0, 0.05) is 17.6 Å². The first-order valence-electron chi connectivity index (χ1n) is 11.8. The van der Waals surface area contributed by atoms with Gasteiger partial charge in [-0.05, 0) is 97.7 Å². The fourth-order valence-corrected chi connectivity index (χ4v) is 8.43. The van der Waals surface area contributed by atoms with Crippen molar-refractivity contribution >= 4 is 11.9 Å². The molecule has 6 aliphatic rings. The zero-order valence-corrected chi connectivity index (χ0v) is 17.2. The lowest BCUT2D eigenvalue weighted by molar-refractivity contribution is -0.141. The van der Waals surface area contributed by atoms with Crippen molar-refractivity contribution in [2.24, 2.45) is 59.2 Å². The lowest BCUT2D eigenvalue weighted by atomic mass is 9.98. The van der Waals surface area contributed by atoms with Gasteiger partial charge in [-0.1, -0.05) is 13.2 Å². The first kappa shape index (κ1) is 18.2. The van der Waals surface area contributed by atoms with Crippen LogP contribution in [0.25, 0.3) is 0 Å². The Morgan fingerprint density at radius 2 is 1.00 bits per heavy atom. The highest BCUT2D eigenvalue weighted by Crippen LogP contribution is 2.72. The summed E-state index contributed by atoms with van der Waals surface area (Å²) in [6.45, 7) is 8.66. The van der Waals surface area contributed by atoms with Crippen LogP contribution in [0.1, 0.15) is 44.9 Å². The van der Waals surface area contributed by atoms with Crippen LogP contribution in [0, 0.1) is 59.2 Å². The van der Waals surface area contributed by atoms with Crippen molar-refractivity contribution < 1.29 is 19.1 Å². The van der Waals surface area contributed by atoms with Gasteiger partial charge in [0.05, 0.1) is 13.2 Å². The largest absolute Gasteiger partial charge is 0.462 e. The summed E-state index contributed by atoms with van der Waals surface area (Å²) in [6, 6.07) is 0. The molecule has 0 aromatic carbocycles. The van der Waals surface area contributed by atoms with Crippen LogP contribution in [0.4, 0.5) is 0 Å². The third kappa shape index (κ3) is 2.70. The quantitative estimate of drug-likeness (QED) is 0.351. The number of hydrogen-bond donors (Lipinski definition) is 0. The molecule has 0 spiro atoms. The van der Waals surface area contributed by atoms with E-state index in [1.807, 2.05) is 0 Å². The fourth-order valence-electron chi connectivity index (χ4n) is 8.43. The number of carbonyl (C=O) groups excluding carboxylic acids is 2. The number of carbonyl (C=O) groups is 2. The highest BCUT2D eigenvalue weighted by molar-refractivity contribution is 5.90. The van der Waals surface area contributed by atoms with Gasteiger partial charge in [0.15, 0.2) is 0 Å². The zero-order valence-electron chi connectivity index (χ0n) is 17.2. The first-order valence-corrected chi connectivity index (χ1v) is 11.8. The van der Waals surface area contributed by atoms with Gasteiger partial charge >= 0.3 is 11.9 Å². The van der Waals surface area contributed by atoms with E-state index >= 15 is 0 Å². The molecule has 0 amide bonds. The van der Waals surface area contributed by atoms with Gasteiger partial charge in [-0.2, -0.15) is 0 Å². The monoisotopic (exact) mass is 396 g/mol. The number of rotatable bonds is 8. The summed E-state index contributed by atoms with van der Waals surface area (Å²) < 4.78 is 10.8. The minimum atomic E-state index is -0.249. The Bertz CT molecular complexity index is 688. The normalized spacial score (nSPS) is 46.8. The summed E-state index contributed by atoms with van der Waals surface area (Å²) in [6.07, 6.45) is 8.62. The van der Waals surface area contributed by atoms with E-state index < -0.39 is 0 Å². The van der Waals surface area contributed by atoms with Gasteiger partial charge in [-0.15, -0.1) is 0 Å². The maximum absolute atomic E-state index is 12.3. The molecule has 4 nitrogen and oxygen atoms in total. The standard InChI is InChI=1S/C25H32O4/c1-12(18-20-14-4-5-15(10-14)21(18)20)24(26)28-8-3-9-29-25(27)13(2)19-22-16-6-7-17(11-16)23(19)22/h14-23H,1-11H2. The van der Waals surface area contributed by atoms with E-state index in [1.165, 1.54) is 38.5 Å². The Morgan fingerprint density at radius 3 is 1.34 bits per heavy atom. The molecule has 6 fully saturated rings. The van der Waals surface area contributed by atoms with Crippen molar-refractivity contribution in [3.8, 4) is 0 Å². The van der Waals surface area contributed by atoms with Crippen molar-refractivity contribution in [2.75, 3.05) is 13.2 Å². The number of fused-ring (bicyclic) bond motifs is 10. The van der Waals surface area contributed by atoms with E-state index in [0.29, 0.717) is 53.1 Å². The predicted molar refractivity (Wildman–Crippen MR) is 107 cm³/mol. The van der Waals surface area contributed by atoms with Gasteiger partial charge in [-0.3, -0.25) is 0 Å². The van der Waals surface area contributed by atoms with Gasteiger partial charge < -0.3 is 9.47 Å².